The number of fused-ring (bicyclic) bond motifs is 2. The van der Waals surface area contributed by atoms with Gasteiger partial charge in [-0.15, -0.1) is 0 Å². The Balaban J connectivity index is 1.59. The second kappa shape index (κ2) is 6.68. The Bertz CT molecular complexity index is 933. The van der Waals surface area contributed by atoms with E-state index >= 15 is 0 Å². The molecular weight excluding hydrogens is 346 g/mol. The van der Waals surface area contributed by atoms with E-state index in [4.69, 9.17) is 0 Å². The van der Waals surface area contributed by atoms with Gasteiger partial charge in [0.15, 0.2) is 0 Å². The molecule has 142 valence electrons. The third-order valence-corrected chi connectivity index (χ3v) is 5.76. The SMILES string of the molecule is CCC[C@@H]1N(C(=O)CCc2n[nH]c(=O)[nH]2)CC[C@]12C(=O)Nc1ccccc12. The molecule has 4 rings (SSSR count). The Morgan fingerprint density at radius 1 is 1.33 bits per heavy atom. The number of aryl methyl sites for hydroxylation is 1. The molecule has 27 heavy (non-hydrogen) atoms. The Morgan fingerprint density at radius 2 is 2.15 bits per heavy atom. The number of hydrogen-bond donors (Lipinski definition) is 3. The van der Waals surface area contributed by atoms with E-state index in [9.17, 15) is 14.4 Å². The highest BCUT2D eigenvalue weighted by atomic mass is 16.2. The summed E-state index contributed by atoms with van der Waals surface area (Å²) in [7, 11) is 0. The number of amides is 2. The summed E-state index contributed by atoms with van der Waals surface area (Å²) in [6.07, 6.45) is 2.90. The van der Waals surface area contributed by atoms with E-state index in [1.807, 2.05) is 29.2 Å². The van der Waals surface area contributed by atoms with Gasteiger partial charge in [-0.05, 0) is 24.5 Å². The summed E-state index contributed by atoms with van der Waals surface area (Å²) >= 11 is 0. The van der Waals surface area contributed by atoms with Gasteiger partial charge in [0.25, 0.3) is 0 Å². The molecule has 0 radical (unpaired) electrons. The molecule has 2 aromatic rings. The lowest BCUT2D eigenvalue weighted by Gasteiger charge is -2.34. The van der Waals surface area contributed by atoms with Crippen molar-refractivity contribution in [3.63, 3.8) is 0 Å². The Hall–Kier alpha value is -2.90. The summed E-state index contributed by atoms with van der Waals surface area (Å²) in [5, 5.41) is 9.17. The molecule has 3 N–H and O–H groups in total. The first-order valence-electron chi connectivity index (χ1n) is 9.40. The molecule has 2 aliphatic rings. The molecule has 0 saturated carbocycles. The first kappa shape index (κ1) is 17.5. The van der Waals surface area contributed by atoms with Gasteiger partial charge in [0.05, 0.1) is 11.5 Å². The third-order valence-electron chi connectivity index (χ3n) is 5.76. The number of rotatable bonds is 5. The fourth-order valence-electron chi connectivity index (χ4n) is 4.57. The number of nitrogens with one attached hydrogen (secondary N) is 3. The minimum absolute atomic E-state index is 0.00548. The van der Waals surface area contributed by atoms with Crippen molar-refractivity contribution in [2.75, 3.05) is 11.9 Å². The van der Waals surface area contributed by atoms with Crippen LogP contribution in [0.25, 0.3) is 0 Å². The van der Waals surface area contributed by atoms with Crippen molar-refractivity contribution in [1.29, 1.82) is 0 Å². The Kier molecular flexibility index (Phi) is 4.33. The van der Waals surface area contributed by atoms with Crippen molar-refractivity contribution in [3.8, 4) is 0 Å². The first-order valence-corrected chi connectivity index (χ1v) is 9.40. The third kappa shape index (κ3) is 2.75. The highest BCUT2D eigenvalue weighted by Gasteiger charge is 2.58. The van der Waals surface area contributed by atoms with Crippen molar-refractivity contribution in [3.05, 3.63) is 46.1 Å². The lowest BCUT2D eigenvalue weighted by atomic mass is 9.73. The topological polar surface area (TPSA) is 111 Å². The maximum atomic E-state index is 13.0. The van der Waals surface area contributed by atoms with Gasteiger partial charge in [-0.25, -0.2) is 9.89 Å². The van der Waals surface area contributed by atoms with Crippen molar-refractivity contribution in [1.82, 2.24) is 20.1 Å². The number of H-pyrrole nitrogens is 2. The summed E-state index contributed by atoms with van der Waals surface area (Å²) in [6.45, 7) is 2.63. The van der Waals surface area contributed by atoms with Crippen molar-refractivity contribution >= 4 is 17.5 Å². The van der Waals surface area contributed by atoms with Crippen LogP contribution in [0.2, 0.25) is 0 Å². The number of carbonyl (C=O) groups is 2. The van der Waals surface area contributed by atoms with E-state index in [0.29, 0.717) is 25.2 Å². The van der Waals surface area contributed by atoms with E-state index in [1.165, 1.54) is 0 Å². The number of aromatic amines is 2. The average molecular weight is 369 g/mol. The number of para-hydroxylation sites is 1. The van der Waals surface area contributed by atoms with E-state index < -0.39 is 5.41 Å². The molecule has 1 spiro atoms. The zero-order valence-electron chi connectivity index (χ0n) is 15.2. The molecule has 8 heteroatoms. The largest absolute Gasteiger partial charge is 0.340 e. The molecule has 8 nitrogen and oxygen atoms in total. The summed E-state index contributed by atoms with van der Waals surface area (Å²) in [4.78, 5) is 41.5. The number of hydrogen-bond acceptors (Lipinski definition) is 4. The summed E-state index contributed by atoms with van der Waals surface area (Å²) in [6, 6.07) is 7.62. The second-order valence-corrected chi connectivity index (χ2v) is 7.24. The van der Waals surface area contributed by atoms with Gasteiger partial charge in [-0.1, -0.05) is 31.5 Å². The predicted molar refractivity (Wildman–Crippen MR) is 99.3 cm³/mol. The summed E-state index contributed by atoms with van der Waals surface area (Å²) in [5.41, 5.74) is 0.816. The predicted octanol–water partition coefficient (Wildman–Crippen LogP) is 1.32. The molecule has 1 aromatic heterocycles. The highest BCUT2D eigenvalue weighted by Crippen LogP contribution is 2.49. The summed E-state index contributed by atoms with van der Waals surface area (Å²) in [5.74, 6) is 0.457. The van der Waals surface area contributed by atoms with Crippen LogP contribution in [0.1, 0.15) is 44.0 Å². The lowest BCUT2D eigenvalue weighted by molar-refractivity contribution is -0.133. The number of anilines is 1. The van der Waals surface area contributed by atoms with Gasteiger partial charge in [-0.3, -0.25) is 14.6 Å². The van der Waals surface area contributed by atoms with Crippen LogP contribution in [0.4, 0.5) is 5.69 Å². The van der Waals surface area contributed by atoms with Gasteiger partial charge < -0.3 is 10.2 Å². The molecule has 2 atom stereocenters. The minimum atomic E-state index is -0.664. The quantitative estimate of drug-likeness (QED) is 0.738. The standard InChI is InChI=1S/C19H23N5O3/c1-2-5-14-19(12-6-3-4-7-13(12)20-17(19)26)10-11-24(14)16(25)9-8-15-21-18(27)23-22-15/h3-4,6-7,14H,2,5,8-11H2,1H3,(H,20,26)(H2,21,22,23,27)/t14-,19+/m0/s1. The highest BCUT2D eigenvalue weighted by molar-refractivity contribution is 6.07. The lowest BCUT2D eigenvalue weighted by Crippen LogP contribution is -2.48. The van der Waals surface area contributed by atoms with Crippen molar-refractivity contribution in [2.24, 2.45) is 0 Å². The maximum absolute atomic E-state index is 13.0. The fourth-order valence-corrected chi connectivity index (χ4v) is 4.57. The first-order chi connectivity index (χ1) is 13.1. The van der Waals surface area contributed by atoms with Crippen LogP contribution in [0.5, 0.6) is 0 Å². The molecule has 2 aliphatic heterocycles. The van der Waals surface area contributed by atoms with Crippen LogP contribution in [-0.2, 0) is 21.4 Å². The molecule has 1 aromatic carbocycles. The average Bonchev–Trinajstić information content (AvgIpc) is 3.32. The summed E-state index contributed by atoms with van der Waals surface area (Å²) < 4.78 is 0. The fraction of sp³-hybridized carbons (Fsp3) is 0.474. The van der Waals surface area contributed by atoms with Gasteiger partial charge in [0, 0.05) is 25.1 Å². The molecule has 2 amide bonds. The number of likely N-dealkylation sites (tertiary alicyclic amines) is 1. The van der Waals surface area contributed by atoms with Gasteiger partial charge >= 0.3 is 5.69 Å². The second-order valence-electron chi connectivity index (χ2n) is 7.24. The van der Waals surface area contributed by atoms with Crippen LogP contribution in [-0.4, -0.2) is 44.5 Å². The van der Waals surface area contributed by atoms with Crippen molar-refractivity contribution in [2.45, 2.75) is 50.5 Å². The van der Waals surface area contributed by atoms with Gasteiger partial charge in [0.2, 0.25) is 11.8 Å². The minimum Gasteiger partial charge on any atom is -0.338 e. The number of benzene rings is 1. The molecule has 0 aliphatic carbocycles. The Morgan fingerprint density at radius 3 is 2.89 bits per heavy atom. The van der Waals surface area contributed by atoms with Gasteiger partial charge in [-0.2, -0.15) is 5.10 Å². The van der Waals surface area contributed by atoms with Gasteiger partial charge in [0.1, 0.15) is 5.82 Å². The van der Waals surface area contributed by atoms with E-state index in [1.54, 1.807) is 0 Å². The maximum Gasteiger partial charge on any atom is 0.340 e. The number of aromatic nitrogens is 3. The smallest absolute Gasteiger partial charge is 0.338 e. The zero-order chi connectivity index (χ0) is 19.0. The Labute approximate surface area is 156 Å². The molecule has 1 saturated heterocycles. The van der Waals surface area contributed by atoms with Crippen molar-refractivity contribution < 1.29 is 9.59 Å². The van der Waals surface area contributed by atoms with Crippen LogP contribution < -0.4 is 11.0 Å². The van der Waals surface area contributed by atoms with Crippen LogP contribution in [0.3, 0.4) is 0 Å². The van der Waals surface area contributed by atoms with Crippen LogP contribution >= 0.6 is 0 Å². The molecule has 0 unspecified atom stereocenters. The number of nitrogens with zero attached hydrogens (tertiary/aromatic N) is 2. The molecule has 0 bridgehead atoms. The van der Waals surface area contributed by atoms with E-state index in [2.05, 4.69) is 27.4 Å². The van der Waals surface area contributed by atoms with E-state index in [-0.39, 0.29) is 30.0 Å². The van der Waals surface area contributed by atoms with Crippen LogP contribution in [0.15, 0.2) is 29.1 Å². The molecule has 3 heterocycles. The van der Waals surface area contributed by atoms with E-state index in [0.717, 1.165) is 24.1 Å². The van der Waals surface area contributed by atoms with Crippen LogP contribution in [0, 0.1) is 0 Å². The number of carbonyl (C=O) groups excluding carboxylic acids is 2. The normalized spacial score (nSPS) is 23.7. The molecule has 1 fully saturated rings. The zero-order valence-corrected chi connectivity index (χ0v) is 15.2. The molecular formula is C19H23N5O3. The monoisotopic (exact) mass is 369 g/mol.